The molecule has 1 aromatic carbocycles. The van der Waals surface area contributed by atoms with Crippen molar-refractivity contribution in [3.8, 4) is 0 Å². The molecule has 0 saturated carbocycles. The van der Waals surface area contributed by atoms with Crippen molar-refractivity contribution in [2.75, 3.05) is 18.8 Å². The maximum Gasteiger partial charge on any atom is 0.292 e. The van der Waals surface area contributed by atoms with E-state index in [4.69, 9.17) is 5.73 Å². The van der Waals surface area contributed by atoms with Gasteiger partial charge in [-0.25, -0.2) is 0 Å². The van der Waals surface area contributed by atoms with Crippen molar-refractivity contribution >= 4 is 11.4 Å². The number of rotatable bonds is 5. The van der Waals surface area contributed by atoms with Crippen molar-refractivity contribution in [2.45, 2.75) is 32.7 Å². The highest BCUT2D eigenvalue weighted by atomic mass is 16.6. The fourth-order valence-corrected chi connectivity index (χ4v) is 2.80. The van der Waals surface area contributed by atoms with Crippen LogP contribution in [-0.4, -0.2) is 22.9 Å². The van der Waals surface area contributed by atoms with Gasteiger partial charge in [0.2, 0.25) is 0 Å². The van der Waals surface area contributed by atoms with Crippen molar-refractivity contribution in [1.82, 2.24) is 4.90 Å². The van der Waals surface area contributed by atoms with Crippen molar-refractivity contribution < 1.29 is 4.92 Å². The average molecular weight is 263 g/mol. The Bertz CT molecular complexity index is 462. The Kier molecular flexibility index (Phi) is 4.37. The standard InChI is InChI=1S/C14H21N3O2/c1-2-3-11-6-7-16(9-11)10-12-4-5-13(15)14(8-12)17(18)19/h4-5,8,11H,2-3,6-7,9-10,15H2,1H3. The summed E-state index contributed by atoms with van der Waals surface area (Å²) in [6, 6.07) is 5.12. The van der Waals surface area contributed by atoms with Crippen LogP contribution in [0.4, 0.5) is 11.4 Å². The van der Waals surface area contributed by atoms with Crippen LogP contribution in [0.5, 0.6) is 0 Å². The highest BCUT2D eigenvalue weighted by Crippen LogP contribution is 2.26. The number of anilines is 1. The molecule has 1 unspecified atom stereocenters. The first-order chi connectivity index (χ1) is 9.10. The molecule has 1 heterocycles. The van der Waals surface area contributed by atoms with Crippen molar-refractivity contribution in [3.63, 3.8) is 0 Å². The van der Waals surface area contributed by atoms with Crippen LogP contribution >= 0.6 is 0 Å². The quantitative estimate of drug-likeness (QED) is 0.503. The Morgan fingerprint density at radius 2 is 2.32 bits per heavy atom. The van der Waals surface area contributed by atoms with Gasteiger partial charge in [-0.3, -0.25) is 15.0 Å². The van der Waals surface area contributed by atoms with E-state index in [9.17, 15) is 10.1 Å². The number of nitrogens with two attached hydrogens (primary N) is 1. The maximum atomic E-state index is 10.9. The minimum atomic E-state index is -0.414. The van der Waals surface area contributed by atoms with Crippen LogP contribution in [0.1, 0.15) is 31.7 Å². The van der Waals surface area contributed by atoms with Gasteiger partial charge in [0.1, 0.15) is 5.69 Å². The van der Waals surface area contributed by atoms with Crippen LogP contribution in [0.25, 0.3) is 0 Å². The third kappa shape index (κ3) is 3.44. The summed E-state index contributed by atoms with van der Waals surface area (Å²) in [6.45, 7) is 5.18. The average Bonchev–Trinajstić information content (AvgIpc) is 2.79. The number of nitrogens with zero attached hydrogens (tertiary/aromatic N) is 2. The van der Waals surface area contributed by atoms with E-state index < -0.39 is 4.92 Å². The molecule has 0 aliphatic carbocycles. The molecular weight excluding hydrogens is 242 g/mol. The van der Waals surface area contributed by atoms with Gasteiger partial charge in [-0.05, 0) is 36.9 Å². The third-order valence-corrected chi connectivity index (χ3v) is 3.76. The Labute approximate surface area is 113 Å². The number of hydrogen-bond donors (Lipinski definition) is 1. The van der Waals surface area contributed by atoms with Crippen molar-refractivity contribution in [1.29, 1.82) is 0 Å². The van der Waals surface area contributed by atoms with Crippen LogP contribution in [0.15, 0.2) is 18.2 Å². The molecule has 1 aliphatic heterocycles. The van der Waals surface area contributed by atoms with Gasteiger partial charge in [0.15, 0.2) is 0 Å². The first kappa shape index (κ1) is 13.8. The first-order valence-electron chi connectivity index (χ1n) is 6.85. The number of nitrogen functional groups attached to an aromatic ring is 1. The molecule has 1 aromatic rings. The SMILES string of the molecule is CCCC1CCN(Cc2ccc(N)c([N+](=O)[O-])c2)C1. The Morgan fingerprint density at radius 3 is 3.00 bits per heavy atom. The van der Waals surface area contributed by atoms with Crippen molar-refractivity contribution in [2.24, 2.45) is 5.92 Å². The summed E-state index contributed by atoms with van der Waals surface area (Å²) >= 11 is 0. The van der Waals surface area contributed by atoms with Crippen LogP contribution < -0.4 is 5.73 Å². The van der Waals surface area contributed by atoms with E-state index in [0.29, 0.717) is 0 Å². The lowest BCUT2D eigenvalue weighted by molar-refractivity contribution is -0.384. The van der Waals surface area contributed by atoms with Gasteiger partial charge in [0, 0.05) is 19.2 Å². The molecule has 19 heavy (non-hydrogen) atoms. The molecular formula is C14H21N3O2. The van der Waals surface area contributed by atoms with E-state index in [0.717, 1.165) is 31.1 Å². The monoisotopic (exact) mass is 263 g/mol. The minimum Gasteiger partial charge on any atom is -0.393 e. The molecule has 0 amide bonds. The number of likely N-dealkylation sites (tertiary alicyclic amines) is 1. The fraction of sp³-hybridized carbons (Fsp3) is 0.571. The van der Waals surface area contributed by atoms with Gasteiger partial charge in [0.25, 0.3) is 5.69 Å². The van der Waals surface area contributed by atoms with E-state index in [2.05, 4.69) is 11.8 Å². The second kappa shape index (κ2) is 6.02. The predicted molar refractivity (Wildman–Crippen MR) is 75.8 cm³/mol. The van der Waals surface area contributed by atoms with Gasteiger partial charge in [-0.2, -0.15) is 0 Å². The van der Waals surface area contributed by atoms with Gasteiger partial charge in [0.05, 0.1) is 4.92 Å². The molecule has 5 nitrogen and oxygen atoms in total. The molecule has 104 valence electrons. The summed E-state index contributed by atoms with van der Waals surface area (Å²) in [4.78, 5) is 12.8. The molecule has 1 saturated heterocycles. The zero-order valence-electron chi connectivity index (χ0n) is 11.3. The lowest BCUT2D eigenvalue weighted by Crippen LogP contribution is -2.20. The molecule has 0 aromatic heterocycles. The molecule has 2 N–H and O–H groups in total. The highest BCUT2D eigenvalue weighted by Gasteiger charge is 2.22. The number of hydrogen-bond acceptors (Lipinski definition) is 4. The summed E-state index contributed by atoms with van der Waals surface area (Å²) in [5.41, 5.74) is 6.83. The third-order valence-electron chi connectivity index (χ3n) is 3.76. The summed E-state index contributed by atoms with van der Waals surface area (Å²) in [7, 11) is 0. The van der Waals surface area contributed by atoms with Gasteiger partial charge >= 0.3 is 0 Å². The predicted octanol–water partition coefficient (Wildman–Crippen LogP) is 2.80. The fourth-order valence-electron chi connectivity index (χ4n) is 2.80. The number of nitro benzene ring substituents is 1. The lowest BCUT2D eigenvalue weighted by Gasteiger charge is -2.16. The number of nitro groups is 1. The van der Waals surface area contributed by atoms with Crippen LogP contribution in [-0.2, 0) is 6.54 Å². The summed E-state index contributed by atoms with van der Waals surface area (Å²) in [5.74, 6) is 0.786. The van der Waals surface area contributed by atoms with E-state index in [1.165, 1.54) is 19.3 Å². The molecule has 1 aliphatic rings. The lowest BCUT2D eigenvalue weighted by atomic mass is 10.0. The summed E-state index contributed by atoms with van der Waals surface area (Å²) in [5, 5.41) is 10.9. The zero-order valence-corrected chi connectivity index (χ0v) is 11.3. The normalized spacial score (nSPS) is 19.7. The number of benzene rings is 1. The van der Waals surface area contributed by atoms with Gasteiger partial charge < -0.3 is 5.73 Å². The maximum absolute atomic E-state index is 10.9. The molecule has 1 atom stereocenters. The van der Waals surface area contributed by atoms with Crippen LogP contribution in [0, 0.1) is 16.0 Å². The minimum absolute atomic E-state index is 0.0156. The first-order valence-corrected chi connectivity index (χ1v) is 6.85. The van der Waals surface area contributed by atoms with Crippen molar-refractivity contribution in [3.05, 3.63) is 33.9 Å². The molecule has 0 spiro atoms. The van der Waals surface area contributed by atoms with Gasteiger partial charge in [-0.1, -0.05) is 19.4 Å². The topological polar surface area (TPSA) is 72.4 Å². The van der Waals surface area contributed by atoms with Crippen LogP contribution in [0.3, 0.4) is 0 Å². The van der Waals surface area contributed by atoms with E-state index in [1.807, 2.05) is 6.07 Å². The van der Waals surface area contributed by atoms with E-state index in [1.54, 1.807) is 12.1 Å². The van der Waals surface area contributed by atoms with Gasteiger partial charge in [-0.15, -0.1) is 0 Å². The Morgan fingerprint density at radius 1 is 1.53 bits per heavy atom. The van der Waals surface area contributed by atoms with Crippen LogP contribution in [0.2, 0.25) is 0 Å². The molecule has 0 bridgehead atoms. The van der Waals surface area contributed by atoms with E-state index in [-0.39, 0.29) is 11.4 Å². The molecule has 1 fully saturated rings. The second-order valence-electron chi connectivity index (χ2n) is 5.33. The molecule has 2 rings (SSSR count). The zero-order chi connectivity index (χ0) is 13.8. The summed E-state index contributed by atoms with van der Waals surface area (Å²) < 4.78 is 0. The Balaban J connectivity index is 2.00. The smallest absolute Gasteiger partial charge is 0.292 e. The molecule has 5 heteroatoms. The van der Waals surface area contributed by atoms with E-state index >= 15 is 0 Å². The largest absolute Gasteiger partial charge is 0.393 e. The second-order valence-corrected chi connectivity index (χ2v) is 5.33. The highest BCUT2D eigenvalue weighted by molar-refractivity contribution is 5.59. The summed E-state index contributed by atoms with van der Waals surface area (Å²) in [6.07, 6.45) is 3.75. The Hall–Kier alpha value is -1.62. The molecule has 0 radical (unpaired) electrons.